The Kier molecular flexibility index (Phi) is 8.18. The van der Waals surface area contributed by atoms with Gasteiger partial charge in [-0.3, -0.25) is 4.99 Å². The normalized spacial score (nSPS) is 20.0. The van der Waals surface area contributed by atoms with Gasteiger partial charge in [-0.25, -0.2) is 0 Å². The van der Waals surface area contributed by atoms with Gasteiger partial charge in [0.1, 0.15) is 0 Å². The highest BCUT2D eigenvalue weighted by molar-refractivity contribution is 5.79. The number of hydrogen-bond acceptors (Lipinski definition) is 3. The van der Waals surface area contributed by atoms with Crippen LogP contribution in [0.2, 0.25) is 0 Å². The van der Waals surface area contributed by atoms with Gasteiger partial charge >= 0.3 is 0 Å². The van der Waals surface area contributed by atoms with Crippen molar-refractivity contribution < 1.29 is 4.74 Å². The first kappa shape index (κ1) is 19.2. The van der Waals surface area contributed by atoms with Gasteiger partial charge in [0, 0.05) is 20.2 Å². The van der Waals surface area contributed by atoms with E-state index in [1.54, 1.807) is 7.11 Å². The van der Waals surface area contributed by atoms with Crippen LogP contribution in [0.25, 0.3) is 0 Å². The molecule has 5 heteroatoms. The van der Waals surface area contributed by atoms with E-state index < -0.39 is 0 Å². The van der Waals surface area contributed by atoms with Crippen LogP contribution in [0.5, 0.6) is 0 Å². The SMILES string of the molecule is CCNC(=NCC(OC)C(C)(C)C)NCC1CCN(C)CC1. The fourth-order valence-electron chi connectivity index (χ4n) is 2.73. The fourth-order valence-corrected chi connectivity index (χ4v) is 2.73. The number of rotatable bonds is 6. The Balaban J connectivity index is 2.48. The van der Waals surface area contributed by atoms with Crippen molar-refractivity contribution in [3.05, 3.63) is 0 Å². The lowest BCUT2D eigenvalue weighted by Gasteiger charge is -2.30. The van der Waals surface area contributed by atoms with Crippen molar-refractivity contribution in [1.29, 1.82) is 0 Å². The molecule has 0 aromatic heterocycles. The number of hydrogen-bond donors (Lipinski definition) is 2. The predicted molar refractivity (Wildman–Crippen MR) is 94.5 cm³/mol. The smallest absolute Gasteiger partial charge is 0.191 e. The molecule has 0 radical (unpaired) electrons. The highest BCUT2D eigenvalue weighted by atomic mass is 16.5. The van der Waals surface area contributed by atoms with Crippen molar-refractivity contribution in [2.75, 3.05) is 46.9 Å². The molecule has 1 unspecified atom stereocenters. The van der Waals surface area contributed by atoms with Crippen LogP contribution in [-0.2, 0) is 4.74 Å². The van der Waals surface area contributed by atoms with Gasteiger partial charge in [-0.05, 0) is 51.2 Å². The maximum absolute atomic E-state index is 5.58. The largest absolute Gasteiger partial charge is 0.379 e. The number of nitrogens with zero attached hydrogens (tertiary/aromatic N) is 2. The number of guanidine groups is 1. The molecule has 1 heterocycles. The fraction of sp³-hybridized carbons (Fsp3) is 0.941. The van der Waals surface area contributed by atoms with E-state index >= 15 is 0 Å². The summed E-state index contributed by atoms with van der Waals surface area (Å²) in [6, 6.07) is 0. The molecule has 1 rings (SSSR count). The highest BCUT2D eigenvalue weighted by Crippen LogP contribution is 2.21. The van der Waals surface area contributed by atoms with Crippen LogP contribution in [0, 0.1) is 11.3 Å². The van der Waals surface area contributed by atoms with Crippen LogP contribution in [0.15, 0.2) is 4.99 Å². The van der Waals surface area contributed by atoms with E-state index in [4.69, 9.17) is 9.73 Å². The summed E-state index contributed by atoms with van der Waals surface area (Å²) in [4.78, 5) is 7.11. The lowest BCUT2D eigenvalue weighted by atomic mass is 9.89. The number of ether oxygens (including phenoxy) is 1. The molecule has 0 aromatic carbocycles. The first-order valence-corrected chi connectivity index (χ1v) is 8.60. The third kappa shape index (κ3) is 6.97. The molecule has 5 nitrogen and oxygen atoms in total. The van der Waals surface area contributed by atoms with Gasteiger partial charge in [0.05, 0.1) is 12.6 Å². The van der Waals surface area contributed by atoms with Gasteiger partial charge in [-0.2, -0.15) is 0 Å². The van der Waals surface area contributed by atoms with Crippen LogP contribution in [-0.4, -0.2) is 63.8 Å². The number of methoxy groups -OCH3 is 1. The average Bonchev–Trinajstić information content (AvgIpc) is 2.45. The van der Waals surface area contributed by atoms with Gasteiger partial charge in [0.25, 0.3) is 0 Å². The first-order valence-electron chi connectivity index (χ1n) is 8.60. The summed E-state index contributed by atoms with van der Waals surface area (Å²) in [6.07, 6.45) is 2.67. The zero-order chi connectivity index (χ0) is 16.6. The molecule has 1 fully saturated rings. The molecule has 0 aromatic rings. The maximum atomic E-state index is 5.58. The second kappa shape index (κ2) is 9.36. The summed E-state index contributed by atoms with van der Waals surface area (Å²) < 4.78 is 5.58. The Morgan fingerprint density at radius 2 is 1.91 bits per heavy atom. The molecular weight excluding hydrogens is 276 g/mol. The second-order valence-electron chi connectivity index (χ2n) is 7.44. The molecule has 0 amide bonds. The molecular formula is C17H36N4O. The Bertz CT molecular complexity index is 330. The van der Waals surface area contributed by atoms with E-state index in [1.165, 1.54) is 25.9 Å². The summed E-state index contributed by atoms with van der Waals surface area (Å²) in [7, 11) is 3.97. The molecule has 2 N–H and O–H groups in total. The van der Waals surface area contributed by atoms with Gasteiger partial charge < -0.3 is 20.3 Å². The standard InChI is InChI=1S/C17H36N4O/c1-7-18-16(20-13-15(22-6)17(2,3)4)19-12-14-8-10-21(5)11-9-14/h14-15H,7-13H2,1-6H3,(H2,18,19,20). The second-order valence-corrected chi connectivity index (χ2v) is 7.44. The molecule has 0 bridgehead atoms. The Hall–Kier alpha value is -0.810. The molecule has 0 saturated carbocycles. The molecule has 22 heavy (non-hydrogen) atoms. The number of likely N-dealkylation sites (tertiary alicyclic amines) is 1. The minimum Gasteiger partial charge on any atom is -0.379 e. The molecule has 1 atom stereocenters. The highest BCUT2D eigenvalue weighted by Gasteiger charge is 2.24. The third-order valence-corrected chi connectivity index (χ3v) is 4.41. The van der Waals surface area contributed by atoms with Crippen LogP contribution in [0.1, 0.15) is 40.5 Å². The van der Waals surface area contributed by atoms with Crippen LogP contribution in [0.4, 0.5) is 0 Å². The van der Waals surface area contributed by atoms with Gasteiger partial charge in [0.15, 0.2) is 5.96 Å². The van der Waals surface area contributed by atoms with Crippen LogP contribution in [0.3, 0.4) is 0 Å². The molecule has 1 aliphatic heterocycles. The van der Waals surface area contributed by atoms with E-state index in [-0.39, 0.29) is 11.5 Å². The topological polar surface area (TPSA) is 48.9 Å². The lowest BCUT2D eigenvalue weighted by molar-refractivity contribution is 0.0241. The Morgan fingerprint density at radius 1 is 1.27 bits per heavy atom. The molecule has 1 aliphatic rings. The van der Waals surface area contributed by atoms with E-state index in [0.717, 1.165) is 25.0 Å². The van der Waals surface area contributed by atoms with Crippen molar-refractivity contribution in [2.24, 2.45) is 16.3 Å². The van der Waals surface area contributed by atoms with Crippen molar-refractivity contribution in [3.63, 3.8) is 0 Å². The summed E-state index contributed by atoms with van der Waals surface area (Å²) in [5.74, 6) is 1.66. The number of nitrogens with one attached hydrogen (secondary N) is 2. The Morgan fingerprint density at radius 3 is 2.41 bits per heavy atom. The first-order chi connectivity index (χ1) is 10.4. The summed E-state index contributed by atoms with van der Waals surface area (Å²) >= 11 is 0. The van der Waals surface area contributed by atoms with Crippen LogP contribution < -0.4 is 10.6 Å². The molecule has 0 spiro atoms. The van der Waals surface area contributed by atoms with E-state index in [0.29, 0.717) is 6.54 Å². The zero-order valence-electron chi connectivity index (χ0n) is 15.4. The zero-order valence-corrected chi connectivity index (χ0v) is 15.4. The van der Waals surface area contributed by atoms with Crippen molar-refractivity contribution >= 4 is 5.96 Å². The van der Waals surface area contributed by atoms with Crippen LogP contribution >= 0.6 is 0 Å². The van der Waals surface area contributed by atoms with E-state index in [9.17, 15) is 0 Å². The summed E-state index contributed by atoms with van der Waals surface area (Å²) in [6.45, 7) is 13.7. The lowest BCUT2D eigenvalue weighted by Crippen LogP contribution is -2.43. The average molecular weight is 313 g/mol. The molecule has 130 valence electrons. The monoisotopic (exact) mass is 312 g/mol. The third-order valence-electron chi connectivity index (χ3n) is 4.41. The minimum absolute atomic E-state index is 0.101. The summed E-state index contributed by atoms with van der Waals surface area (Å²) in [5, 5.41) is 6.84. The quantitative estimate of drug-likeness (QED) is 0.581. The van der Waals surface area contributed by atoms with Crippen molar-refractivity contribution in [2.45, 2.75) is 46.6 Å². The van der Waals surface area contributed by atoms with E-state index in [1.807, 2.05) is 0 Å². The van der Waals surface area contributed by atoms with Crippen molar-refractivity contribution in [1.82, 2.24) is 15.5 Å². The van der Waals surface area contributed by atoms with Gasteiger partial charge in [-0.1, -0.05) is 20.8 Å². The Labute approximate surface area is 136 Å². The minimum atomic E-state index is 0.101. The maximum Gasteiger partial charge on any atom is 0.191 e. The number of aliphatic imine (C=N–C) groups is 1. The molecule has 0 aliphatic carbocycles. The molecule has 1 saturated heterocycles. The summed E-state index contributed by atoms with van der Waals surface area (Å²) in [5.41, 5.74) is 0.101. The van der Waals surface area contributed by atoms with E-state index in [2.05, 4.69) is 50.3 Å². The predicted octanol–water partition coefficient (Wildman–Crippen LogP) is 1.94. The van der Waals surface area contributed by atoms with Gasteiger partial charge in [0.2, 0.25) is 0 Å². The van der Waals surface area contributed by atoms with Gasteiger partial charge in [-0.15, -0.1) is 0 Å². The van der Waals surface area contributed by atoms with Crippen molar-refractivity contribution in [3.8, 4) is 0 Å². The number of piperidine rings is 1.